The van der Waals surface area contributed by atoms with Crippen molar-refractivity contribution in [2.24, 2.45) is 0 Å². The topological polar surface area (TPSA) is 32.3 Å². The molecule has 0 atom stereocenters. The summed E-state index contributed by atoms with van der Waals surface area (Å²) in [6, 6.07) is 0. The fraction of sp³-hybridized carbons (Fsp3) is 0.909. The second kappa shape index (κ2) is 2.96. The normalized spacial score (nSPS) is 27.2. The highest BCUT2D eigenvalue weighted by atomic mass is 16.2. The van der Waals surface area contributed by atoms with Crippen LogP contribution in [0.2, 0.25) is 0 Å². The predicted molar refractivity (Wildman–Crippen MR) is 56.1 cm³/mol. The van der Waals surface area contributed by atoms with Crippen LogP contribution in [-0.4, -0.2) is 35.0 Å². The van der Waals surface area contributed by atoms with Crippen molar-refractivity contribution in [1.82, 2.24) is 10.2 Å². The third-order valence-electron chi connectivity index (χ3n) is 3.57. The maximum Gasteiger partial charge on any atom is 0.222 e. The molecule has 0 unspecified atom stereocenters. The third kappa shape index (κ3) is 1.65. The molecule has 2 saturated heterocycles. The Kier molecular flexibility index (Phi) is 2.11. The predicted octanol–water partition coefficient (Wildman–Crippen LogP) is 1.14. The molecular weight excluding hydrogens is 176 g/mol. The number of carbonyl (C=O) groups is 1. The summed E-state index contributed by atoms with van der Waals surface area (Å²) in [5.41, 5.74) is 0.453. The SMILES string of the molecule is CC(C)(C)N1CCC2(CC1)CC(=O)N2. The molecule has 2 rings (SSSR count). The van der Waals surface area contributed by atoms with Gasteiger partial charge in [-0.25, -0.2) is 0 Å². The van der Waals surface area contributed by atoms with E-state index in [-0.39, 0.29) is 17.0 Å². The van der Waals surface area contributed by atoms with Gasteiger partial charge in [-0.15, -0.1) is 0 Å². The summed E-state index contributed by atoms with van der Waals surface area (Å²) in [5, 5.41) is 3.06. The maximum absolute atomic E-state index is 10.9. The molecule has 80 valence electrons. The van der Waals surface area contributed by atoms with E-state index >= 15 is 0 Å². The van der Waals surface area contributed by atoms with Gasteiger partial charge in [-0.05, 0) is 33.6 Å². The van der Waals surface area contributed by atoms with E-state index in [2.05, 4.69) is 31.0 Å². The summed E-state index contributed by atoms with van der Waals surface area (Å²) in [4.78, 5) is 13.4. The first-order valence-electron chi connectivity index (χ1n) is 5.47. The first-order chi connectivity index (χ1) is 6.41. The minimum atomic E-state index is 0.179. The molecule has 2 heterocycles. The summed E-state index contributed by atoms with van der Waals surface area (Å²) in [6.07, 6.45) is 3.00. The Hall–Kier alpha value is -0.570. The lowest BCUT2D eigenvalue weighted by Crippen LogP contribution is -2.66. The molecule has 14 heavy (non-hydrogen) atoms. The molecule has 0 aromatic rings. The molecule has 2 fully saturated rings. The van der Waals surface area contributed by atoms with Gasteiger partial charge in [0.05, 0.1) is 5.54 Å². The Bertz CT molecular complexity index is 237. The number of nitrogens with one attached hydrogen (secondary N) is 1. The van der Waals surface area contributed by atoms with Gasteiger partial charge in [0.1, 0.15) is 0 Å². The molecule has 3 heteroatoms. The van der Waals surface area contributed by atoms with Crippen LogP contribution in [-0.2, 0) is 4.79 Å². The Labute approximate surface area is 85.8 Å². The number of β-lactam (4-membered cyclic amide) rings is 1. The smallest absolute Gasteiger partial charge is 0.222 e. The summed E-state index contributed by atoms with van der Waals surface area (Å²) in [6.45, 7) is 8.99. The van der Waals surface area contributed by atoms with Gasteiger partial charge < -0.3 is 5.32 Å². The van der Waals surface area contributed by atoms with Crippen molar-refractivity contribution in [1.29, 1.82) is 0 Å². The average Bonchev–Trinajstić information content (AvgIpc) is 2.01. The van der Waals surface area contributed by atoms with Crippen molar-refractivity contribution in [3.8, 4) is 0 Å². The van der Waals surface area contributed by atoms with Crippen molar-refractivity contribution in [2.45, 2.75) is 51.1 Å². The van der Waals surface area contributed by atoms with Gasteiger partial charge >= 0.3 is 0 Å². The molecule has 0 aromatic heterocycles. The van der Waals surface area contributed by atoms with Crippen LogP contribution >= 0.6 is 0 Å². The Morgan fingerprint density at radius 2 is 1.79 bits per heavy atom. The third-order valence-corrected chi connectivity index (χ3v) is 3.57. The van der Waals surface area contributed by atoms with Crippen molar-refractivity contribution in [3.05, 3.63) is 0 Å². The monoisotopic (exact) mass is 196 g/mol. The van der Waals surface area contributed by atoms with Crippen LogP contribution in [0.25, 0.3) is 0 Å². The van der Waals surface area contributed by atoms with Crippen molar-refractivity contribution in [3.63, 3.8) is 0 Å². The number of piperidine rings is 1. The first-order valence-corrected chi connectivity index (χ1v) is 5.47. The molecule has 3 nitrogen and oxygen atoms in total. The number of likely N-dealkylation sites (tertiary alicyclic amines) is 1. The van der Waals surface area contributed by atoms with Gasteiger partial charge in [0.25, 0.3) is 0 Å². The van der Waals surface area contributed by atoms with Gasteiger partial charge in [-0.2, -0.15) is 0 Å². The highest BCUT2D eigenvalue weighted by Crippen LogP contribution is 2.33. The largest absolute Gasteiger partial charge is 0.350 e. The number of hydrogen-bond acceptors (Lipinski definition) is 2. The molecular formula is C11H20N2O. The number of rotatable bonds is 0. The van der Waals surface area contributed by atoms with Gasteiger partial charge in [0.2, 0.25) is 5.91 Å². The number of amides is 1. The second-order valence-corrected chi connectivity index (χ2v) is 5.66. The minimum Gasteiger partial charge on any atom is -0.350 e. The van der Waals surface area contributed by atoms with E-state index in [1.54, 1.807) is 0 Å². The Morgan fingerprint density at radius 1 is 1.29 bits per heavy atom. The van der Waals surface area contributed by atoms with Gasteiger partial charge in [-0.1, -0.05) is 0 Å². The van der Waals surface area contributed by atoms with Crippen LogP contribution in [0.5, 0.6) is 0 Å². The molecule has 0 aliphatic carbocycles. The van der Waals surface area contributed by atoms with Crippen molar-refractivity contribution in [2.75, 3.05) is 13.1 Å². The zero-order valence-corrected chi connectivity index (χ0v) is 9.39. The summed E-state index contributed by atoms with van der Waals surface area (Å²) < 4.78 is 0. The van der Waals surface area contributed by atoms with E-state index < -0.39 is 0 Å². The van der Waals surface area contributed by atoms with Gasteiger partial charge in [0, 0.05) is 25.0 Å². The Balaban J connectivity index is 1.90. The van der Waals surface area contributed by atoms with Crippen molar-refractivity contribution >= 4 is 5.91 Å². The van der Waals surface area contributed by atoms with E-state index in [1.807, 2.05) is 0 Å². The number of hydrogen-bond donors (Lipinski definition) is 1. The van der Waals surface area contributed by atoms with E-state index in [4.69, 9.17) is 0 Å². The number of nitrogens with zero attached hydrogens (tertiary/aromatic N) is 1. The molecule has 2 aliphatic heterocycles. The molecule has 0 bridgehead atoms. The Morgan fingerprint density at radius 3 is 2.14 bits per heavy atom. The maximum atomic E-state index is 10.9. The molecule has 0 saturated carbocycles. The van der Waals surface area contributed by atoms with Crippen LogP contribution in [0.1, 0.15) is 40.0 Å². The van der Waals surface area contributed by atoms with Crippen LogP contribution in [0.3, 0.4) is 0 Å². The van der Waals surface area contributed by atoms with Crippen LogP contribution in [0.15, 0.2) is 0 Å². The van der Waals surface area contributed by atoms with Gasteiger partial charge in [0.15, 0.2) is 0 Å². The average molecular weight is 196 g/mol. The molecule has 0 radical (unpaired) electrons. The van der Waals surface area contributed by atoms with E-state index in [0.717, 1.165) is 32.4 Å². The highest BCUT2D eigenvalue weighted by molar-refractivity contribution is 5.84. The number of carbonyl (C=O) groups excluding carboxylic acids is 1. The quantitative estimate of drug-likeness (QED) is 0.589. The van der Waals surface area contributed by atoms with E-state index in [9.17, 15) is 4.79 Å². The van der Waals surface area contributed by atoms with Crippen LogP contribution in [0.4, 0.5) is 0 Å². The fourth-order valence-corrected chi connectivity index (χ4v) is 2.49. The van der Waals surface area contributed by atoms with Gasteiger partial charge in [-0.3, -0.25) is 9.69 Å². The fourth-order valence-electron chi connectivity index (χ4n) is 2.49. The lowest BCUT2D eigenvalue weighted by molar-refractivity contribution is -0.135. The molecule has 1 N–H and O–H groups in total. The van der Waals surface area contributed by atoms with E-state index in [1.165, 1.54) is 0 Å². The minimum absolute atomic E-state index is 0.179. The first kappa shape index (κ1) is 9.97. The van der Waals surface area contributed by atoms with Crippen molar-refractivity contribution < 1.29 is 4.79 Å². The van der Waals surface area contributed by atoms with Crippen LogP contribution < -0.4 is 5.32 Å². The van der Waals surface area contributed by atoms with E-state index in [0.29, 0.717) is 0 Å². The second-order valence-electron chi connectivity index (χ2n) is 5.66. The van der Waals surface area contributed by atoms with Crippen LogP contribution in [0, 0.1) is 0 Å². The lowest BCUT2D eigenvalue weighted by atomic mass is 9.77. The zero-order valence-electron chi connectivity index (χ0n) is 9.39. The summed E-state index contributed by atoms with van der Waals surface area (Å²) in [5.74, 6) is 0.231. The summed E-state index contributed by atoms with van der Waals surface area (Å²) >= 11 is 0. The summed E-state index contributed by atoms with van der Waals surface area (Å²) in [7, 11) is 0. The standard InChI is InChI=1S/C11H20N2O/c1-10(2,3)13-6-4-11(5-7-13)8-9(14)12-11/h4-8H2,1-3H3,(H,12,14). The molecule has 1 amide bonds. The lowest BCUT2D eigenvalue weighted by Gasteiger charge is -2.50. The molecule has 1 spiro atoms. The zero-order chi connectivity index (χ0) is 10.4. The molecule has 0 aromatic carbocycles. The molecule has 2 aliphatic rings. The highest BCUT2D eigenvalue weighted by Gasteiger charge is 2.45.